The van der Waals surface area contributed by atoms with E-state index in [2.05, 4.69) is 41.5 Å². The third-order valence-electron chi connectivity index (χ3n) is 3.22. The number of benzene rings is 1. The van der Waals surface area contributed by atoms with Crippen molar-refractivity contribution in [3.05, 3.63) is 22.3 Å². The fourth-order valence-corrected chi connectivity index (χ4v) is 2.01. The standard InChI is InChI=1S/C13H22N2/c1-7-8(2)11(14)10(13(4,5)6)12(15)9(7)3/h14-15H2,1-6H3. The number of nitrogens with two attached hydrogens (primary N) is 2. The molecule has 1 rings (SSSR count). The van der Waals surface area contributed by atoms with Crippen molar-refractivity contribution in [3.8, 4) is 0 Å². The zero-order chi connectivity index (χ0) is 12.0. The second-order valence-corrected chi connectivity index (χ2v) is 5.33. The molecule has 0 amide bonds. The Hall–Kier alpha value is -1.18. The summed E-state index contributed by atoms with van der Waals surface area (Å²) in [5.74, 6) is 0. The molecule has 0 aliphatic heterocycles. The van der Waals surface area contributed by atoms with Crippen LogP contribution < -0.4 is 11.5 Å². The summed E-state index contributed by atoms with van der Waals surface area (Å²) in [5, 5.41) is 0. The van der Waals surface area contributed by atoms with Gasteiger partial charge in [0, 0.05) is 16.9 Å². The van der Waals surface area contributed by atoms with Crippen LogP contribution in [-0.4, -0.2) is 0 Å². The molecule has 1 aromatic rings. The highest BCUT2D eigenvalue weighted by atomic mass is 14.7. The van der Waals surface area contributed by atoms with Crippen LogP contribution in [0, 0.1) is 20.8 Å². The van der Waals surface area contributed by atoms with Gasteiger partial charge in [-0.3, -0.25) is 0 Å². The van der Waals surface area contributed by atoms with Crippen LogP contribution in [0.15, 0.2) is 0 Å². The zero-order valence-electron chi connectivity index (χ0n) is 10.7. The topological polar surface area (TPSA) is 52.0 Å². The molecule has 0 aliphatic carbocycles. The summed E-state index contributed by atoms with van der Waals surface area (Å²) in [6, 6.07) is 0. The Morgan fingerprint density at radius 3 is 1.33 bits per heavy atom. The Kier molecular flexibility index (Phi) is 2.73. The number of hydrogen-bond donors (Lipinski definition) is 2. The molecule has 1 aromatic carbocycles. The van der Waals surface area contributed by atoms with Gasteiger partial charge in [0.1, 0.15) is 0 Å². The predicted molar refractivity (Wildman–Crippen MR) is 68.2 cm³/mol. The summed E-state index contributed by atoms with van der Waals surface area (Å²) < 4.78 is 0. The minimum atomic E-state index is -0.00259. The predicted octanol–water partition coefficient (Wildman–Crippen LogP) is 3.07. The average Bonchev–Trinajstić information content (AvgIpc) is 2.09. The zero-order valence-corrected chi connectivity index (χ0v) is 10.7. The van der Waals surface area contributed by atoms with Gasteiger partial charge in [0.2, 0.25) is 0 Å². The lowest BCUT2D eigenvalue weighted by molar-refractivity contribution is 0.594. The molecule has 0 unspecified atom stereocenters. The number of anilines is 2. The molecule has 0 saturated carbocycles. The molecule has 0 radical (unpaired) electrons. The second-order valence-electron chi connectivity index (χ2n) is 5.33. The second kappa shape index (κ2) is 3.44. The van der Waals surface area contributed by atoms with Crippen molar-refractivity contribution in [1.29, 1.82) is 0 Å². The molecular weight excluding hydrogens is 184 g/mol. The van der Waals surface area contributed by atoms with Crippen molar-refractivity contribution in [2.45, 2.75) is 47.0 Å². The van der Waals surface area contributed by atoms with E-state index in [0.717, 1.165) is 28.1 Å². The Morgan fingerprint density at radius 2 is 1.07 bits per heavy atom. The minimum Gasteiger partial charge on any atom is -0.398 e. The number of rotatable bonds is 0. The van der Waals surface area contributed by atoms with Gasteiger partial charge in [-0.2, -0.15) is 0 Å². The van der Waals surface area contributed by atoms with Crippen molar-refractivity contribution < 1.29 is 0 Å². The largest absolute Gasteiger partial charge is 0.398 e. The number of nitrogen functional groups attached to an aromatic ring is 2. The van der Waals surface area contributed by atoms with Gasteiger partial charge >= 0.3 is 0 Å². The SMILES string of the molecule is Cc1c(C)c(N)c(C(C)(C)C)c(N)c1C. The van der Waals surface area contributed by atoms with E-state index in [1.54, 1.807) is 0 Å². The summed E-state index contributed by atoms with van der Waals surface area (Å²) in [4.78, 5) is 0. The lowest BCUT2D eigenvalue weighted by Gasteiger charge is -2.27. The molecule has 2 heteroatoms. The molecule has 0 aliphatic rings. The lowest BCUT2D eigenvalue weighted by atomic mass is 9.81. The monoisotopic (exact) mass is 206 g/mol. The van der Waals surface area contributed by atoms with Crippen LogP contribution in [0.5, 0.6) is 0 Å². The van der Waals surface area contributed by atoms with Gasteiger partial charge in [-0.05, 0) is 42.9 Å². The maximum absolute atomic E-state index is 6.16. The molecule has 15 heavy (non-hydrogen) atoms. The smallest absolute Gasteiger partial charge is 0.0405 e. The molecule has 0 bridgehead atoms. The van der Waals surface area contributed by atoms with E-state index >= 15 is 0 Å². The van der Waals surface area contributed by atoms with E-state index in [9.17, 15) is 0 Å². The quantitative estimate of drug-likeness (QED) is 0.641. The molecule has 0 heterocycles. The molecular formula is C13H22N2. The van der Waals surface area contributed by atoms with E-state index in [0.29, 0.717) is 0 Å². The third kappa shape index (κ3) is 1.81. The molecule has 4 N–H and O–H groups in total. The first-order chi connectivity index (χ1) is 6.68. The maximum Gasteiger partial charge on any atom is 0.0405 e. The highest BCUT2D eigenvalue weighted by Crippen LogP contribution is 2.38. The van der Waals surface area contributed by atoms with Crippen LogP contribution in [-0.2, 0) is 5.41 Å². The summed E-state index contributed by atoms with van der Waals surface area (Å²) in [5.41, 5.74) is 18.6. The van der Waals surface area contributed by atoms with Crippen LogP contribution in [0.4, 0.5) is 11.4 Å². The van der Waals surface area contributed by atoms with Crippen molar-refractivity contribution in [2.75, 3.05) is 11.5 Å². The number of hydrogen-bond acceptors (Lipinski definition) is 2. The third-order valence-corrected chi connectivity index (χ3v) is 3.22. The Labute approximate surface area is 92.7 Å². The highest BCUT2D eigenvalue weighted by molar-refractivity contribution is 5.73. The first-order valence-electron chi connectivity index (χ1n) is 5.33. The summed E-state index contributed by atoms with van der Waals surface area (Å²) in [6.07, 6.45) is 0. The van der Waals surface area contributed by atoms with Crippen molar-refractivity contribution in [2.24, 2.45) is 0 Å². The van der Waals surface area contributed by atoms with E-state index in [4.69, 9.17) is 11.5 Å². The van der Waals surface area contributed by atoms with Gasteiger partial charge in [0.05, 0.1) is 0 Å². The van der Waals surface area contributed by atoms with Gasteiger partial charge in [-0.25, -0.2) is 0 Å². The van der Waals surface area contributed by atoms with Crippen molar-refractivity contribution >= 4 is 11.4 Å². The van der Waals surface area contributed by atoms with Crippen LogP contribution >= 0.6 is 0 Å². The van der Waals surface area contributed by atoms with Crippen LogP contribution in [0.25, 0.3) is 0 Å². The first kappa shape index (κ1) is 11.9. The van der Waals surface area contributed by atoms with E-state index in [-0.39, 0.29) is 5.41 Å². The van der Waals surface area contributed by atoms with Gasteiger partial charge in [0.15, 0.2) is 0 Å². The fourth-order valence-electron chi connectivity index (χ4n) is 2.01. The Balaban J connectivity index is 3.68. The lowest BCUT2D eigenvalue weighted by Crippen LogP contribution is -2.19. The molecule has 2 nitrogen and oxygen atoms in total. The molecule has 0 saturated heterocycles. The normalized spacial score (nSPS) is 11.9. The molecule has 84 valence electrons. The minimum absolute atomic E-state index is 0.00259. The summed E-state index contributed by atoms with van der Waals surface area (Å²) in [7, 11) is 0. The van der Waals surface area contributed by atoms with Gasteiger partial charge in [-0.15, -0.1) is 0 Å². The van der Waals surface area contributed by atoms with Gasteiger partial charge in [-0.1, -0.05) is 20.8 Å². The fraction of sp³-hybridized carbons (Fsp3) is 0.538. The van der Waals surface area contributed by atoms with E-state index < -0.39 is 0 Å². The van der Waals surface area contributed by atoms with Gasteiger partial charge < -0.3 is 11.5 Å². The highest BCUT2D eigenvalue weighted by Gasteiger charge is 2.23. The molecule has 0 fully saturated rings. The average molecular weight is 206 g/mol. The molecule has 0 atom stereocenters. The maximum atomic E-state index is 6.16. The van der Waals surface area contributed by atoms with E-state index in [1.807, 2.05) is 0 Å². The van der Waals surface area contributed by atoms with Crippen LogP contribution in [0.2, 0.25) is 0 Å². The van der Waals surface area contributed by atoms with Crippen LogP contribution in [0.3, 0.4) is 0 Å². The van der Waals surface area contributed by atoms with E-state index in [1.165, 1.54) is 5.56 Å². The summed E-state index contributed by atoms with van der Waals surface area (Å²) >= 11 is 0. The van der Waals surface area contributed by atoms with Crippen LogP contribution in [0.1, 0.15) is 43.0 Å². The Morgan fingerprint density at radius 1 is 0.733 bits per heavy atom. The molecule has 0 spiro atoms. The Bertz CT molecular complexity index is 369. The molecule has 0 aromatic heterocycles. The van der Waals surface area contributed by atoms with Crippen molar-refractivity contribution in [1.82, 2.24) is 0 Å². The summed E-state index contributed by atoms with van der Waals surface area (Å²) in [6.45, 7) is 12.6. The first-order valence-corrected chi connectivity index (χ1v) is 5.33. The van der Waals surface area contributed by atoms with Gasteiger partial charge in [0.25, 0.3) is 0 Å². The van der Waals surface area contributed by atoms with Crippen molar-refractivity contribution in [3.63, 3.8) is 0 Å².